The van der Waals surface area contributed by atoms with E-state index in [4.69, 9.17) is 4.74 Å². The highest BCUT2D eigenvalue weighted by Gasteiger charge is 2.32. The monoisotopic (exact) mass is 483 g/mol. The number of anilines is 1. The fourth-order valence-electron chi connectivity index (χ4n) is 5.26. The number of ether oxygens (including phenoxy) is 1. The molecule has 3 aromatic carbocycles. The van der Waals surface area contributed by atoms with E-state index in [1.165, 1.54) is 0 Å². The van der Waals surface area contributed by atoms with Crippen LogP contribution >= 0.6 is 0 Å². The number of hydrogen-bond acceptors (Lipinski definition) is 4. The van der Waals surface area contributed by atoms with E-state index in [1.807, 2.05) is 70.5 Å². The quantitative estimate of drug-likeness (QED) is 0.534. The molecule has 0 spiro atoms. The third-order valence-corrected chi connectivity index (χ3v) is 7.39. The van der Waals surface area contributed by atoms with Gasteiger partial charge in [0, 0.05) is 50.7 Å². The van der Waals surface area contributed by atoms with Crippen molar-refractivity contribution in [3.8, 4) is 16.9 Å². The van der Waals surface area contributed by atoms with Crippen LogP contribution in [0.2, 0.25) is 0 Å². The number of piperazine rings is 1. The summed E-state index contributed by atoms with van der Waals surface area (Å²) in [4.78, 5) is 32.5. The topological polar surface area (TPSA) is 53.1 Å². The number of para-hydroxylation sites is 2. The van der Waals surface area contributed by atoms with Gasteiger partial charge in [0.2, 0.25) is 5.91 Å². The van der Waals surface area contributed by atoms with Gasteiger partial charge in [-0.25, -0.2) is 0 Å². The summed E-state index contributed by atoms with van der Waals surface area (Å²) in [5, 5.41) is 0. The zero-order valence-corrected chi connectivity index (χ0v) is 20.8. The highest BCUT2D eigenvalue weighted by Crippen LogP contribution is 2.29. The van der Waals surface area contributed by atoms with Crippen LogP contribution in [0.1, 0.15) is 23.2 Å². The lowest BCUT2D eigenvalue weighted by Gasteiger charge is -2.39. The number of hydrogen-bond donors (Lipinski definition) is 0. The predicted molar refractivity (Wildman–Crippen MR) is 142 cm³/mol. The average molecular weight is 484 g/mol. The largest absolute Gasteiger partial charge is 0.495 e. The van der Waals surface area contributed by atoms with E-state index >= 15 is 0 Å². The highest BCUT2D eigenvalue weighted by molar-refractivity contribution is 5.95. The maximum Gasteiger partial charge on any atom is 0.253 e. The molecule has 3 aromatic rings. The van der Waals surface area contributed by atoms with Gasteiger partial charge in [0.25, 0.3) is 5.91 Å². The number of carbonyl (C=O) groups excluding carboxylic acids is 2. The van der Waals surface area contributed by atoms with Crippen LogP contribution in [-0.2, 0) is 4.79 Å². The Morgan fingerprint density at radius 2 is 1.31 bits per heavy atom. The molecule has 2 aliphatic rings. The first-order valence-electron chi connectivity index (χ1n) is 12.8. The van der Waals surface area contributed by atoms with Gasteiger partial charge in [-0.05, 0) is 48.2 Å². The summed E-state index contributed by atoms with van der Waals surface area (Å²) in [5.41, 5.74) is 4.02. The van der Waals surface area contributed by atoms with Gasteiger partial charge in [-0.2, -0.15) is 0 Å². The average Bonchev–Trinajstić information content (AvgIpc) is 2.97. The number of piperidine rings is 1. The van der Waals surface area contributed by atoms with Crippen molar-refractivity contribution in [1.29, 1.82) is 0 Å². The third-order valence-electron chi connectivity index (χ3n) is 7.39. The second-order valence-corrected chi connectivity index (χ2v) is 9.49. The molecule has 2 saturated heterocycles. The van der Waals surface area contributed by atoms with Crippen LogP contribution in [0.25, 0.3) is 11.1 Å². The maximum atomic E-state index is 13.2. The lowest BCUT2D eigenvalue weighted by atomic mass is 9.94. The molecule has 0 N–H and O–H groups in total. The Balaban J connectivity index is 1.12. The van der Waals surface area contributed by atoms with Crippen LogP contribution in [0.5, 0.6) is 5.75 Å². The molecule has 0 aliphatic carbocycles. The van der Waals surface area contributed by atoms with E-state index < -0.39 is 0 Å². The Hall–Kier alpha value is -3.80. The van der Waals surface area contributed by atoms with E-state index in [-0.39, 0.29) is 17.7 Å². The zero-order valence-electron chi connectivity index (χ0n) is 20.8. The molecule has 2 amide bonds. The number of methoxy groups -OCH3 is 1. The van der Waals surface area contributed by atoms with Crippen LogP contribution in [0.3, 0.4) is 0 Å². The SMILES string of the molecule is COc1ccccc1N1CCN(C(=O)C2CCN(C(=O)c3ccc(-c4ccccc4)cc3)CC2)CC1. The van der Waals surface area contributed by atoms with E-state index in [1.54, 1.807) is 7.11 Å². The molecule has 2 heterocycles. The first-order valence-corrected chi connectivity index (χ1v) is 12.8. The third kappa shape index (κ3) is 5.08. The summed E-state index contributed by atoms with van der Waals surface area (Å²) in [6.45, 7) is 4.26. The van der Waals surface area contributed by atoms with Crippen molar-refractivity contribution in [3.63, 3.8) is 0 Å². The van der Waals surface area contributed by atoms with Gasteiger partial charge >= 0.3 is 0 Å². The van der Waals surface area contributed by atoms with Crippen LogP contribution in [0.4, 0.5) is 5.69 Å². The first kappa shape index (κ1) is 23.9. The fourth-order valence-corrected chi connectivity index (χ4v) is 5.26. The summed E-state index contributed by atoms with van der Waals surface area (Å²) in [6, 6.07) is 26.0. The van der Waals surface area contributed by atoms with Gasteiger partial charge in [-0.3, -0.25) is 9.59 Å². The molecular formula is C30H33N3O3. The minimum absolute atomic E-state index is 0.00711. The minimum atomic E-state index is -0.00711. The summed E-state index contributed by atoms with van der Waals surface area (Å²) in [6.07, 6.45) is 1.44. The Labute approximate surface area is 213 Å². The zero-order chi connectivity index (χ0) is 24.9. The molecule has 0 radical (unpaired) electrons. The van der Waals surface area contributed by atoms with Crippen LogP contribution in [0.15, 0.2) is 78.9 Å². The van der Waals surface area contributed by atoms with Crippen molar-refractivity contribution >= 4 is 17.5 Å². The Morgan fingerprint density at radius 1 is 0.694 bits per heavy atom. The maximum absolute atomic E-state index is 13.2. The van der Waals surface area contributed by atoms with E-state index in [0.717, 1.165) is 48.5 Å². The molecule has 6 heteroatoms. The number of carbonyl (C=O) groups is 2. The van der Waals surface area contributed by atoms with Gasteiger partial charge in [-0.15, -0.1) is 0 Å². The molecule has 6 nitrogen and oxygen atoms in total. The molecule has 36 heavy (non-hydrogen) atoms. The lowest BCUT2D eigenvalue weighted by Crippen LogP contribution is -2.52. The second-order valence-electron chi connectivity index (χ2n) is 9.49. The highest BCUT2D eigenvalue weighted by atomic mass is 16.5. The molecule has 0 atom stereocenters. The Kier molecular flexibility index (Phi) is 7.21. The van der Waals surface area contributed by atoms with Gasteiger partial charge in [0.1, 0.15) is 5.75 Å². The van der Waals surface area contributed by atoms with Crippen molar-refractivity contribution in [2.45, 2.75) is 12.8 Å². The van der Waals surface area contributed by atoms with Crippen molar-refractivity contribution < 1.29 is 14.3 Å². The van der Waals surface area contributed by atoms with Crippen molar-refractivity contribution in [2.75, 3.05) is 51.3 Å². The molecule has 2 aliphatic heterocycles. The Bertz CT molecular complexity index is 1180. The lowest BCUT2D eigenvalue weighted by molar-refractivity contribution is -0.137. The van der Waals surface area contributed by atoms with Gasteiger partial charge in [0.05, 0.1) is 12.8 Å². The van der Waals surface area contributed by atoms with Crippen LogP contribution in [-0.4, -0.2) is 68.0 Å². The number of likely N-dealkylation sites (tertiary alicyclic amines) is 1. The molecule has 5 rings (SSSR count). The van der Waals surface area contributed by atoms with Crippen molar-refractivity contribution in [2.24, 2.45) is 5.92 Å². The number of nitrogens with zero attached hydrogens (tertiary/aromatic N) is 3. The molecule has 186 valence electrons. The minimum Gasteiger partial charge on any atom is -0.495 e. The molecule has 0 aromatic heterocycles. The summed E-state index contributed by atoms with van der Waals surface area (Å²) in [7, 11) is 1.69. The fraction of sp³-hybridized carbons (Fsp3) is 0.333. The normalized spacial score (nSPS) is 16.6. The molecule has 0 saturated carbocycles. The summed E-state index contributed by atoms with van der Waals surface area (Å²) in [5.74, 6) is 1.14. The number of benzene rings is 3. The van der Waals surface area contributed by atoms with E-state index in [9.17, 15) is 9.59 Å². The number of amides is 2. The second kappa shape index (κ2) is 10.9. The molecule has 2 fully saturated rings. The van der Waals surface area contributed by atoms with Gasteiger partial charge < -0.3 is 19.4 Å². The smallest absolute Gasteiger partial charge is 0.253 e. The summed E-state index contributed by atoms with van der Waals surface area (Å²) < 4.78 is 5.50. The van der Waals surface area contributed by atoms with E-state index in [2.05, 4.69) is 23.1 Å². The first-order chi connectivity index (χ1) is 17.6. The van der Waals surface area contributed by atoms with Gasteiger partial charge in [-0.1, -0.05) is 54.6 Å². The number of rotatable bonds is 5. The molecule has 0 unspecified atom stereocenters. The van der Waals surface area contributed by atoms with Gasteiger partial charge in [0.15, 0.2) is 0 Å². The summed E-state index contributed by atoms with van der Waals surface area (Å²) >= 11 is 0. The standard InChI is InChI=1S/C30H33N3O3/c1-36-28-10-6-5-9-27(28)31-19-21-33(22-20-31)30(35)26-15-17-32(18-16-26)29(34)25-13-11-24(12-14-25)23-7-3-2-4-8-23/h2-14,26H,15-22H2,1H3. The molecule has 0 bridgehead atoms. The van der Waals surface area contributed by atoms with Crippen molar-refractivity contribution in [3.05, 3.63) is 84.4 Å². The van der Waals surface area contributed by atoms with E-state index in [0.29, 0.717) is 31.7 Å². The van der Waals surface area contributed by atoms with Crippen LogP contribution in [0, 0.1) is 5.92 Å². The van der Waals surface area contributed by atoms with Crippen LogP contribution < -0.4 is 9.64 Å². The Morgan fingerprint density at radius 3 is 1.97 bits per heavy atom. The van der Waals surface area contributed by atoms with Crippen molar-refractivity contribution in [1.82, 2.24) is 9.80 Å². The molecular weight excluding hydrogens is 450 g/mol. The predicted octanol–water partition coefficient (Wildman–Crippen LogP) is 4.56.